The lowest BCUT2D eigenvalue weighted by Crippen LogP contribution is -2.16. The molecule has 3 aromatic heterocycles. The summed E-state index contributed by atoms with van der Waals surface area (Å²) in [6.45, 7) is 1.88. The highest BCUT2D eigenvalue weighted by atomic mass is 32.2. The highest BCUT2D eigenvalue weighted by Gasteiger charge is 2.14. The highest BCUT2D eigenvalue weighted by Crippen LogP contribution is 2.22. The van der Waals surface area contributed by atoms with Crippen LogP contribution in [0.1, 0.15) is 5.69 Å². The van der Waals surface area contributed by atoms with E-state index >= 15 is 0 Å². The Hall–Kier alpha value is -2.68. The van der Waals surface area contributed by atoms with Crippen molar-refractivity contribution in [2.75, 3.05) is 11.1 Å². The van der Waals surface area contributed by atoms with Gasteiger partial charge in [-0.1, -0.05) is 11.8 Å². The van der Waals surface area contributed by atoms with Gasteiger partial charge in [-0.3, -0.25) is 14.5 Å². The van der Waals surface area contributed by atoms with Gasteiger partial charge in [-0.15, -0.1) is 10.2 Å². The van der Waals surface area contributed by atoms with Crippen molar-refractivity contribution in [2.24, 2.45) is 14.1 Å². The molecule has 24 heavy (non-hydrogen) atoms. The molecule has 0 aromatic carbocycles. The summed E-state index contributed by atoms with van der Waals surface area (Å²) in [5.41, 5.74) is 1.74. The maximum Gasteiger partial charge on any atom is 0.235 e. The number of aryl methyl sites for hydroxylation is 2. The van der Waals surface area contributed by atoms with Gasteiger partial charge in [0, 0.05) is 38.1 Å². The fraction of sp³-hybridized carbons (Fsp3) is 0.267. The lowest BCUT2D eigenvalue weighted by Gasteiger charge is -2.05. The molecule has 0 aliphatic carbocycles. The van der Waals surface area contributed by atoms with E-state index in [2.05, 4.69) is 25.6 Å². The molecular weight excluding hydrogens is 326 g/mol. The number of hydrogen-bond donors (Lipinski definition) is 1. The molecular formula is C15H17N7OS. The van der Waals surface area contributed by atoms with Crippen molar-refractivity contribution in [3.05, 3.63) is 36.3 Å². The summed E-state index contributed by atoms with van der Waals surface area (Å²) in [6.07, 6.45) is 3.44. The molecule has 0 bridgehead atoms. The third-order valence-electron chi connectivity index (χ3n) is 3.36. The van der Waals surface area contributed by atoms with E-state index in [1.165, 1.54) is 11.8 Å². The average Bonchev–Trinajstić information content (AvgIpc) is 3.08. The number of hydrogen-bond acceptors (Lipinski definition) is 6. The van der Waals surface area contributed by atoms with Crippen molar-refractivity contribution in [1.29, 1.82) is 0 Å². The standard InChI is InChI=1S/C15H17N7OS/c1-10-7-12(22(3)20-10)17-13(23)9-24-15-19-18-14(21(15)2)11-5-4-6-16-8-11/h4-8H,9H2,1-3H3,(H,17,23). The van der Waals surface area contributed by atoms with Crippen LogP contribution in [0.3, 0.4) is 0 Å². The van der Waals surface area contributed by atoms with Gasteiger partial charge in [-0.2, -0.15) is 5.10 Å². The van der Waals surface area contributed by atoms with Crippen molar-refractivity contribution in [3.63, 3.8) is 0 Å². The molecule has 3 heterocycles. The van der Waals surface area contributed by atoms with Gasteiger partial charge < -0.3 is 9.88 Å². The van der Waals surface area contributed by atoms with Gasteiger partial charge in [0.2, 0.25) is 5.91 Å². The first-order valence-corrected chi connectivity index (χ1v) is 8.26. The Morgan fingerprint density at radius 1 is 1.33 bits per heavy atom. The van der Waals surface area contributed by atoms with E-state index < -0.39 is 0 Å². The van der Waals surface area contributed by atoms with Crippen LogP contribution in [0.25, 0.3) is 11.4 Å². The summed E-state index contributed by atoms with van der Waals surface area (Å²) in [6, 6.07) is 5.59. The number of thioether (sulfide) groups is 1. The van der Waals surface area contributed by atoms with E-state index in [9.17, 15) is 4.79 Å². The normalized spacial score (nSPS) is 10.8. The summed E-state index contributed by atoms with van der Waals surface area (Å²) in [7, 11) is 3.66. The monoisotopic (exact) mass is 343 g/mol. The number of nitrogens with one attached hydrogen (secondary N) is 1. The fourth-order valence-electron chi connectivity index (χ4n) is 2.22. The SMILES string of the molecule is Cc1cc(NC(=O)CSc2nnc(-c3cccnc3)n2C)n(C)n1. The van der Waals surface area contributed by atoms with Gasteiger partial charge in [0.25, 0.3) is 0 Å². The fourth-order valence-corrected chi connectivity index (χ4v) is 2.93. The Balaban J connectivity index is 1.64. The number of aromatic nitrogens is 6. The van der Waals surface area contributed by atoms with Crippen LogP contribution in [0, 0.1) is 6.92 Å². The smallest absolute Gasteiger partial charge is 0.235 e. The molecule has 3 aromatic rings. The zero-order valence-electron chi connectivity index (χ0n) is 13.6. The number of pyridine rings is 1. The molecule has 0 aliphatic rings. The van der Waals surface area contributed by atoms with Gasteiger partial charge in [0.1, 0.15) is 5.82 Å². The van der Waals surface area contributed by atoms with Crippen molar-refractivity contribution < 1.29 is 4.79 Å². The van der Waals surface area contributed by atoms with E-state index in [-0.39, 0.29) is 11.7 Å². The minimum atomic E-state index is -0.117. The molecule has 124 valence electrons. The molecule has 0 saturated heterocycles. The van der Waals surface area contributed by atoms with Crippen LogP contribution >= 0.6 is 11.8 Å². The molecule has 0 spiro atoms. The summed E-state index contributed by atoms with van der Waals surface area (Å²) in [5.74, 6) is 1.51. The Morgan fingerprint density at radius 3 is 2.83 bits per heavy atom. The minimum Gasteiger partial charge on any atom is -0.310 e. The molecule has 0 saturated carbocycles. The average molecular weight is 343 g/mol. The predicted molar refractivity (Wildman–Crippen MR) is 91.5 cm³/mol. The van der Waals surface area contributed by atoms with Gasteiger partial charge in [-0.05, 0) is 19.1 Å². The van der Waals surface area contributed by atoms with Gasteiger partial charge in [0.15, 0.2) is 11.0 Å². The molecule has 0 fully saturated rings. The molecule has 0 radical (unpaired) electrons. The third-order valence-corrected chi connectivity index (χ3v) is 4.38. The maximum atomic E-state index is 12.1. The Kier molecular flexibility index (Phi) is 4.61. The Morgan fingerprint density at radius 2 is 2.17 bits per heavy atom. The van der Waals surface area contributed by atoms with E-state index in [0.717, 1.165) is 11.3 Å². The second-order valence-electron chi connectivity index (χ2n) is 5.24. The van der Waals surface area contributed by atoms with Gasteiger partial charge in [0.05, 0.1) is 11.4 Å². The van der Waals surface area contributed by atoms with E-state index in [1.807, 2.05) is 36.7 Å². The van der Waals surface area contributed by atoms with Gasteiger partial charge in [-0.25, -0.2) is 0 Å². The number of nitrogens with zero attached hydrogens (tertiary/aromatic N) is 6. The maximum absolute atomic E-state index is 12.1. The zero-order chi connectivity index (χ0) is 17.1. The highest BCUT2D eigenvalue weighted by molar-refractivity contribution is 7.99. The number of rotatable bonds is 5. The van der Waals surface area contributed by atoms with Crippen LogP contribution < -0.4 is 5.32 Å². The Labute approximate surface area is 143 Å². The zero-order valence-corrected chi connectivity index (χ0v) is 14.4. The van der Waals surface area contributed by atoms with Crippen LogP contribution in [0.4, 0.5) is 5.82 Å². The quantitative estimate of drug-likeness (QED) is 0.709. The van der Waals surface area contributed by atoms with Crippen LogP contribution in [0.2, 0.25) is 0 Å². The third kappa shape index (κ3) is 3.46. The van der Waals surface area contributed by atoms with E-state index in [0.29, 0.717) is 16.8 Å². The molecule has 1 amide bonds. The van der Waals surface area contributed by atoms with Crippen molar-refractivity contribution in [3.8, 4) is 11.4 Å². The van der Waals surface area contributed by atoms with Crippen molar-refractivity contribution in [1.82, 2.24) is 29.5 Å². The second kappa shape index (κ2) is 6.83. The molecule has 8 nitrogen and oxygen atoms in total. The molecule has 1 N–H and O–H groups in total. The van der Waals surface area contributed by atoms with Crippen LogP contribution in [0.15, 0.2) is 35.7 Å². The number of amides is 1. The predicted octanol–water partition coefficient (Wildman–Crippen LogP) is 1.65. The summed E-state index contributed by atoms with van der Waals surface area (Å²) >= 11 is 1.33. The summed E-state index contributed by atoms with van der Waals surface area (Å²) < 4.78 is 3.49. The summed E-state index contributed by atoms with van der Waals surface area (Å²) in [5, 5.41) is 16.0. The van der Waals surface area contributed by atoms with Gasteiger partial charge >= 0.3 is 0 Å². The summed E-state index contributed by atoms with van der Waals surface area (Å²) in [4.78, 5) is 16.2. The number of anilines is 1. The van der Waals surface area contributed by atoms with Crippen LogP contribution in [0.5, 0.6) is 0 Å². The van der Waals surface area contributed by atoms with Crippen LogP contribution in [-0.4, -0.2) is 41.2 Å². The molecule has 0 aliphatic heterocycles. The minimum absolute atomic E-state index is 0.117. The topological polar surface area (TPSA) is 90.5 Å². The van der Waals surface area contributed by atoms with Crippen molar-refractivity contribution in [2.45, 2.75) is 12.1 Å². The first-order valence-electron chi connectivity index (χ1n) is 7.27. The largest absolute Gasteiger partial charge is 0.310 e. The lowest BCUT2D eigenvalue weighted by molar-refractivity contribution is -0.113. The first kappa shape index (κ1) is 16.2. The number of carbonyl (C=O) groups is 1. The second-order valence-corrected chi connectivity index (χ2v) is 6.18. The Bertz CT molecular complexity index is 856. The molecule has 0 unspecified atom stereocenters. The lowest BCUT2D eigenvalue weighted by atomic mass is 10.3. The van der Waals surface area contributed by atoms with Crippen LogP contribution in [-0.2, 0) is 18.9 Å². The first-order chi connectivity index (χ1) is 11.5. The van der Waals surface area contributed by atoms with Crippen molar-refractivity contribution >= 4 is 23.5 Å². The molecule has 0 atom stereocenters. The van der Waals surface area contributed by atoms with E-state index in [4.69, 9.17) is 0 Å². The van der Waals surface area contributed by atoms with E-state index in [1.54, 1.807) is 24.1 Å². The molecule has 9 heteroatoms. The number of carbonyl (C=O) groups excluding carboxylic acids is 1. The molecule has 3 rings (SSSR count).